The Kier molecular flexibility index (Phi) is 4.16. The number of hydrogen-bond donors (Lipinski definition) is 0. The average molecular weight is 312 g/mol. The molecule has 0 atom stereocenters. The Morgan fingerprint density at radius 3 is 2.10 bits per heavy atom. The number of aryl methyl sites for hydroxylation is 1. The summed E-state index contributed by atoms with van der Waals surface area (Å²) in [5, 5.41) is 0.00734. The zero-order valence-corrected chi connectivity index (χ0v) is 13.2. The normalized spacial score (nSPS) is 11.5. The molecule has 4 nitrogen and oxygen atoms in total. The Morgan fingerprint density at radius 2 is 1.60 bits per heavy atom. The first-order valence-electron chi connectivity index (χ1n) is 6.12. The van der Waals surface area contributed by atoms with Crippen LogP contribution in [0.5, 0.6) is 11.8 Å². The van der Waals surface area contributed by atoms with Gasteiger partial charge in [0.05, 0.1) is 0 Å². The second-order valence-corrected chi connectivity index (χ2v) is 6.16. The van der Waals surface area contributed by atoms with E-state index < -0.39 is 0 Å². The Hall–Kier alpha value is -1.39. The van der Waals surface area contributed by atoms with Gasteiger partial charge in [-0.05, 0) is 52.7 Å². The van der Waals surface area contributed by atoms with Crippen LogP contribution in [0, 0.1) is 6.92 Å². The standard InChI is InChI=1S/C14H15Cl2N3O/c1-8-7-9(14(2,3)4)5-6-10(8)20-13-18-11(15)17-12(16)19-13/h5-7H,1-4H3. The van der Waals surface area contributed by atoms with E-state index in [1.165, 1.54) is 5.56 Å². The van der Waals surface area contributed by atoms with Gasteiger partial charge in [-0.25, -0.2) is 0 Å². The van der Waals surface area contributed by atoms with Crippen molar-refractivity contribution in [1.82, 2.24) is 15.0 Å². The fourth-order valence-electron chi connectivity index (χ4n) is 1.68. The van der Waals surface area contributed by atoms with Crippen molar-refractivity contribution in [1.29, 1.82) is 0 Å². The molecular formula is C14H15Cl2N3O. The molecule has 2 aromatic rings. The highest BCUT2D eigenvalue weighted by molar-refractivity contribution is 6.31. The molecule has 0 aliphatic heterocycles. The van der Waals surface area contributed by atoms with E-state index in [1.807, 2.05) is 19.1 Å². The number of rotatable bonds is 2. The maximum absolute atomic E-state index is 5.71. The molecule has 0 amide bonds. The largest absolute Gasteiger partial charge is 0.424 e. The minimum absolute atomic E-state index is 0.00367. The SMILES string of the molecule is Cc1cc(C(C)(C)C)ccc1Oc1nc(Cl)nc(Cl)n1. The van der Waals surface area contributed by atoms with Gasteiger partial charge < -0.3 is 4.74 Å². The summed E-state index contributed by atoms with van der Waals surface area (Å²) in [5.41, 5.74) is 2.31. The van der Waals surface area contributed by atoms with Crippen LogP contribution in [-0.4, -0.2) is 15.0 Å². The second-order valence-electron chi connectivity index (χ2n) is 5.49. The molecule has 1 heterocycles. The summed E-state index contributed by atoms with van der Waals surface area (Å²) in [6, 6.07) is 6.08. The molecule has 1 aromatic carbocycles. The maximum Gasteiger partial charge on any atom is 0.327 e. The van der Waals surface area contributed by atoms with E-state index >= 15 is 0 Å². The molecule has 1 aromatic heterocycles. The number of nitrogens with zero attached hydrogens (tertiary/aromatic N) is 3. The molecule has 20 heavy (non-hydrogen) atoms. The van der Waals surface area contributed by atoms with E-state index in [2.05, 4.69) is 41.8 Å². The maximum atomic E-state index is 5.71. The van der Waals surface area contributed by atoms with Gasteiger partial charge in [0.15, 0.2) is 0 Å². The monoisotopic (exact) mass is 311 g/mol. The molecule has 0 N–H and O–H groups in total. The third-order valence-corrected chi connectivity index (χ3v) is 3.14. The number of halogens is 2. The zero-order valence-electron chi connectivity index (χ0n) is 11.7. The molecule has 0 saturated heterocycles. The molecule has 0 bridgehead atoms. The van der Waals surface area contributed by atoms with Gasteiger partial charge in [-0.1, -0.05) is 32.9 Å². The summed E-state index contributed by atoms with van der Waals surface area (Å²) in [5.74, 6) is 0.663. The first kappa shape index (κ1) is 15.0. The van der Waals surface area contributed by atoms with Crippen molar-refractivity contribution >= 4 is 23.2 Å². The van der Waals surface area contributed by atoms with Gasteiger partial charge in [0, 0.05) is 0 Å². The lowest BCUT2D eigenvalue weighted by molar-refractivity contribution is 0.435. The summed E-state index contributed by atoms with van der Waals surface area (Å²) in [6.07, 6.45) is 0. The van der Waals surface area contributed by atoms with Crippen molar-refractivity contribution in [3.05, 3.63) is 39.9 Å². The minimum atomic E-state index is 0.00367. The van der Waals surface area contributed by atoms with Crippen LogP contribution in [0.3, 0.4) is 0 Å². The van der Waals surface area contributed by atoms with E-state index in [0.29, 0.717) is 5.75 Å². The fraction of sp³-hybridized carbons (Fsp3) is 0.357. The predicted molar refractivity (Wildman–Crippen MR) is 79.8 cm³/mol. The molecule has 0 unspecified atom stereocenters. The van der Waals surface area contributed by atoms with E-state index in [4.69, 9.17) is 27.9 Å². The smallest absolute Gasteiger partial charge is 0.327 e. The van der Waals surface area contributed by atoms with E-state index in [0.717, 1.165) is 5.56 Å². The van der Waals surface area contributed by atoms with Crippen LogP contribution in [0.2, 0.25) is 10.6 Å². The first-order valence-corrected chi connectivity index (χ1v) is 6.87. The predicted octanol–water partition coefficient (Wildman–Crippen LogP) is 4.58. The molecule has 0 spiro atoms. The Balaban J connectivity index is 2.30. The summed E-state index contributed by atoms with van der Waals surface area (Å²) in [7, 11) is 0. The highest BCUT2D eigenvalue weighted by Gasteiger charge is 2.15. The van der Waals surface area contributed by atoms with Crippen molar-refractivity contribution in [2.45, 2.75) is 33.1 Å². The zero-order chi connectivity index (χ0) is 14.9. The van der Waals surface area contributed by atoms with Gasteiger partial charge >= 0.3 is 6.01 Å². The Labute approximate surface area is 128 Å². The van der Waals surface area contributed by atoms with Crippen LogP contribution in [0.1, 0.15) is 31.9 Å². The summed E-state index contributed by atoms with van der Waals surface area (Å²) in [6.45, 7) is 8.45. The third kappa shape index (κ3) is 3.58. The average Bonchev–Trinajstić information content (AvgIpc) is 2.29. The lowest BCUT2D eigenvalue weighted by Crippen LogP contribution is -2.11. The topological polar surface area (TPSA) is 47.9 Å². The molecular weight excluding hydrogens is 297 g/mol. The molecule has 0 saturated carbocycles. The minimum Gasteiger partial charge on any atom is -0.424 e. The lowest BCUT2D eigenvalue weighted by atomic mass is 9.86. The fourth-order valence-corrected chi connectivity index (χ4v) is 2.03. The van der Waals surface area contributed by atoms with E-state index in [9.17, 15) is 0 Å². The molecule has 0 fully saturated rings. The van der Waals surface area contributed by atoms with Gasteiger partial charge in [0.1, 0.15) is 5.75 Å². The highest BCUT2D eigenvalue weighted by Crippen LogP contribution is 2.29. The van der Waals surface area contributed by atoms with Gasteiger partial charge in [-0.15, -0.1) is 0 Å². The Morgan fingerprint density at radius 1 is 1.00 bits per heavy atom. The van der Waals surface area contributed by atoms with Gasteiger partial charge in [0.25, 0.3) is 0 Å². The van der Waals surface area contributed by atoms with Crippen LogP contribution < -0.4 is 4.74 Å². The van der Waals surface area contributed by atoms with Crippen molar-refractivity contribution in [2.75, 3.05) is 0 Å². The van der Waals surface area contributed by atoms with Crippen molar-refractivity contribution in [3.63, 3.8) is 0 Å². The van der Waals surface area contributed by atoms with Gasteiger partial charge in [-0.3, -0.25) is 0 Å². The van der Waals surface area contributed by atoms with E-state index in [-0.39, 0.29) is 22.0 Å². The second kappa shape index (κ2) is 5.54. The third-order valence-electron chi connectivity index (χ3n) is 2.80. The van der Waals surface area contributed by atoms with Crippen LogP contribution in [0.15, 0.2) is 18.2 Å². The summed E-state index contributed by atoms with van der Waals surface area (Å²) in [4.78, 5) is 11.4. The lowest BCUT2D eigenvalue weighted by Gasteiger charge is -2.20. The number of aromatic nitrogens is 3. The van der Waals surface area contributed by atoms with Crippen LogP contribution >= 0.6 is 23.2 Å². The molecule has 0 aliphatic carbocycles. The van der Waals surface area contributed by atoms with Gasteiger partial charge in [0.2, 0.25) is 10.6 Å². The summed E-state index contributed by atoms with van der Waals surface area (Å²) >= 11 is 11.4. The number of ether oxygens (including phenoxy) is 1. The van der Waals surface area contributed by atoms with Crippen molar-refractivity contribution < 1.29 is 4.74 Å². The van der Waals surface area contributed by atoms with Crippen LogP contribution in [0.4, 0.5) is 0 Å². The quantitative estimate of drug-likeness (QED) is 0.814. The molecule has 0 radical (unpaired) electrons. The van der Waals surface area contributed by atoms with Crippen molar-refractivity contribution in [3.8, 4) is 11.8 Å². The Bertz CT molecular complexity index is 619. The van der Waals surface area contributed by atoms with Crippen LogP contribution in [0.25, 0.3) is 0 Å². The first-order chi connectivity index (χ1) is 9.25. The van der Waals surface area contributed by atoms with Gasteiger partial charge in [-0.2, -0.15) is 15.0 Å². The highest BCUT2D eigenvalue weighted by atomic mass is 35.5. The summed E-state index contributed by atoms with van der Waals surface area (Å²) < 4.78 is 5.61. The molecule has 6 heteroatoms. The number of benzene rings is 1. The molecule has 0 aliphatic rings. The molecule has 106 valence electrons. The van der Waals surface area contributed by atoms with E-state index in [1.54, 1.807) is 0 Å². The van der Waals surface area contributed by atoms with Crippen molar-refractivity contribution in [2.24, 2.45) is 0 Å². The molecule has 2 rings (SSSR count). The number of hydrogen-bond acceptors (Lipinski definition) is 4. The van der Waals surface area contributed by atoms with Crippen LogP contribution in [-0.2, 0) is 5.41 Å².